The molecule has 19 heteroatoms. The van der Waals surface area contributed by atoms with Gasteiger partial charge in [0, 0.05) is 25.7 Å². The van der Waals surface area contributed by atoms with Gasteiger partial charge in [-0.15, -0.1) is 0 Å². The summed E-state index contributed by atoms with van der Waals surface area (Å²) in [6.07, 6.45) is 47.6. The Bertz CT molecular complexity index is 1830. The highest BCUT2D eigenvalue weighted by Crippen LogP contribution is 2.45. The lowest BCUT2D eigenvalue weighted by atomic mass is 10.0. The van der Waals surface area contributed by atoms with Gasteiger partial charge < -0.3 is 33.8 Å². The van der Waals surface area contributed by atoms with E-state index in [4.69, 9.17) is 37.0 Å². The minimum atomic E-state index is -4.95. The summed E-state index contributed by atoms with van der Waals surface area (Å²) in [6.45, 7) is 14.1. The summed E-state index contributed by atoms with van der Waals surface area (Å²) >= 11 is 0. The van der Waals surface area contributed by atoms with Crippen molar-refractivity contribution in [2.75, 3.05) is 39.6 Å². The van der Waals surface area contributed by atoms with Crippen LogP contribution in [0.5, 0.6) is 0 Å². The van der Waals surface area contributed by atoms with E-state index in [-0.39, 0.29) is 25.7 Å². The van der Waals surface area contributed by atoms with Crippen molar-refractivity contribution in [1.82, 2.24) is 0 Å². The van der Waals surface area contributed by atoms with E-state index in [1.807, 2.05) is 0 Å². The molecule has 0 aromatic rings. The summed E-state index contributed by atoms with van der Waals surface area (Å²) in [4.78, 5) is 72.6. The average Bonchev–Trinajstić information content (AvgIpc) is 3.16. The number of unbranched alkanes of at least 4 members (excludes halogenated alkanes) is 37. The number of aliphatic hydroxyl groups is 1. The van der Waals surface area contributed by atoms with Gasteiger partial charge in [0.1, 0.15) is 19.3 Å². The van der Waals surface area contributed by atoms with Gasteiger partial charge in [0.15, 0.2) is 12.2 Å². The minimum absolute atomic E-state index is 0.106. The molecule has 0 aromatic heterocycles. The molecule has 3 N–H and O–H groups in total. The maximum atomic E-state index is 13.0. The zero-order valence-corrected chi connectivity index (χ0v) is 62.7. The van der Waals surface area contributed by atoms with Crippen LogP contribution in [0, 0.1) is 23.7 Å². The Hall–Kier alpha value is -1.94. The first-order valence-corrected chi connectivity index (χ1v) is 41.2. The van der Waals surface area contributed by atoms with Crippen LogP contribution in [0.3, 0.4) is 0 Å². The van der Waals surface area contributed by atoms with E-state index < -0.39 is 97.5 Å². The monoisotopic (exact) mass is 1370 g/mol. The highest BCUT2D eigenvalue weighted by Gasteiger charge is 2.30. The normalized spacial score (nSPS) is 14.2. The largest absolute Gasteiger partial charge is 0.472 e. The standard InChI is InChI=1S/C74H144O17P2/c1-64(2)50-42-34-26-22-18-14-11-9-10-12-16-20-24-28-40-48-56-73(78)90-69(60-84-71(76)54-46-38-32-30-36-44-52-66(5)6)62-88-92(80,81)86-58-68(75)59-87-93(82,83)89-63-70(61-85-72(77)55-47-39-33-31-37-45-53-67(7)8)91-74(79)57-49-41-29-25-21-17-13-15-19-23-27-35-43-51-65(3)4/h64-70,75H,9-63H2,1-8H3,(H,80,81)(H,82,83)/t68-,69-,70-/m1/s1. The van der Waals surface area contributed by atoms with Crippen LogP contribution < -0.4 is 0 Å². The molecule has 0 spiro atoms. The Morgan fingerprint density at radius 1 is 0.269 bits per heavy atom. The first-order chi connectivity index (χ1) is 44.6. The van der Waals surface area contributed by atoms with Crippen LogP contribution in [-0.2, 0) is 65.4 Å². The molecule has 0 saturated carbocycles. The molecule has 0 fully saturated rings. The quantitative estimate of drug-likeness (QED) is 0.0222. The molecule has 0 saturated heterocycles. The summed E-state index contributed by atoms with van der Waals surface area (Å²) in [6, 6.07) is 0. The molecule has 0 aliphatic rings. The molecule has 552 valence electrons. The second kappa shape index (κ2) is 63.5. The number of hydrogen-bond donors (Lipinski definition) is 3. The fourth-order valence-corrected chi connectivity index (χ4v) is 12.8. The van der Waals surface area contributed by atoms with Crippen molar-refractivity contribution in [1.29, 1.82) is 0 Å². The van der Waals surface area contributed by atoms with Crippen LogP contribution in [0.2, 0.25) is 0 Å². The van der Waals surface area contributed by atoms with Crippen LogP contribution in [0.15, 0.2) is 0 Å². The number of ether oxygens (including phenoxy) is 4. The Kier molecular flexibility index (Phi) is 62.2. The number of aliphatic hydroxyl groups excluding tert-OH is 1. The molecule has 0 aliphatic carbocycles. The van der Waals surface area contributed by atoms with E-state index in [0.717, 1.165) is 115 Å². The highest BCUT2D eigenvalue weighted by atomic mass is 31.2. The van der Waals surface area contributed by atoms with Crippen molar-refractivity contribution in [2.24, 2.45) is 23.7 Å². The summed E-state index contributed by atoms with van der Waals surface area (Å²) < 4.78 is 68.4. The smallest absolute Gasteiger partial charge is 0.462 e. The molecule has 0 radical (unpaired) electrons. The maximum absolute atomic E-state index is 13.0. The molecule has 5 atom stereocenters. The molecular weight excluding hydrogens is 1220 g/mol. The van der Waals surface area contributed by atoms with E-state index in [0.29, 0.717) is 37.5 Å². The van der Waals surface area contributed by atoms with Crippen molar-refractivity contribution >= 4 is 39.5 Å². The molecule has 0 aromatic carbocycles. The van der Waals surface area contributed by atoms with E-state index >= 15 is 0 Å². The van der Waals surface area contributed by atoms with Crippen LogP contribution in [-0.4, -0.2) is 96.7 Å². The zero-order chi connectivity index (χ0) is 68.9. The fourth-order valence-electron chi connectivity index (χ4n) is 11.2. The Labute approximate surface area is 568 Å². The average molecular weight is 1370 g/mol. The fraction of sp³-hybridized carbons (Fsp3) is 0.946. The van der Waals surface area contributed by atoms with Gasteiger partial charge in [-0.2, -0.15) is 0 Å². The van der Waals surface area contributed by atoms with Crippen molar-refractivity contribution in [3.63, 3.8) is 0 Å². The number of phosphoric acid groups is 2. The van der Waals surface area contributed by atoms with E-state index in [9.17, 15) is 43.2 Å². The van der Waals surface area contributed by atoms with Crippen LogP contribution >= 0.6 is 15.6 Å². The Morgan fingerprint density at radius 3 is 0.667 bits per heavy atom. The van der Waals surface area contributed by atoms with Gasteiger partial charge in [0.2, 0.25) is 0 Å². The lowest BCUT2D eigenvalue weighted by Gasteiger charge is -2.21. The number of hydrogen-bond acceptors (Lipinski definition) is 15. The van der Waals surface area contributed by atoms with Crippen molar-refractivity contribution in [3.05, 3.63) is 0 Å². The van der Waals surface area contributed by atoms with E-state index in [1.54, 1.807) is 0 Å². The molecule has 0 rings (SSSR count). The summed E-state index contributed by atoms with van der Waals surface area (Å²) in [5, 5.41) is 10.6. The summed E-state index contributed by atoms with van der Waals surface area (Å²) in [5.74, 6) is 0.827. The highest BCUT2D eigenvalue weighted by molar-refractivity contribution is 7.47. The number of phosphoric ester groups is 2. The number of carbonyl (C=O) groups is 4. The zero-order valence-electron chi connectivity index (χ0n) is 60.9. The Morgan fingerprint density at radius 2 is 0.452 bits per heavy atom. The van der Waals surface area contributed by atoms with E-state index in [2.05, 4.69) is 55.4 Å². The topological polar surface area (TPSA) is 237 Å². The summed E-state index contributed by atoms with van der Waals surface area (Å²) in [7, 11) is -9.91. The molecular formula is C74H144O17P2. The van der Waals surface area contributed by atoms with Crippen LogP contribution in [0.1, 0.15) is 370 Å². The van der Waals surface area contributed by atoms with Gasteiger partial charge >= 0.3 is 39.5 Å². The number of rotatable bonds is 71. The van der Waals surface area contributed by atoms with Gasteiger partial charge in [-0.1, -0.05) is 319 Å². The maximum Gasteiger partial charge on any atom is 0.472 e. The predicted molar refractivity (Wildman–Crippen MR) is 377 cm³/mol. The van der Waals surface area contributed by atoms with Gasteiger partial charge in [0.25, 0.3) is 0 Å². The van der Waals surface area contributed by atoms with Crippen molar-refractivity contribution in [3.8, 4) is 0 Å². The van der Waals surface area contributed by atoms with Crippen LogP contribution in [0.4, 0.5) is 0 Å². The first-order valence-electron chi connectivity index (χ1n) is 38.2. The molecule has 0 aliphatic heterocycles. The molecule has 2 unspecified atom stereocenters. The van der Waals surface area contributed by atoms with Crippen LogP contribution in [0.25, 0.3) is 0 Å². The second-order valence-corrected chi connectivity index (χ2v) is 31.5. The lowest BCUT2D eigenvalue weighted by Crippen LogP contribution is -2.30. The first kappa shape index (κ1) is 91.1. The molecule has 0 amide bonds. The number of carbonyl (C=O) groups excluding carboxylic acids is 4. The van der Waals surface area contributed by atoms with Crippen molar-refractivity contribution < 1.29 is 80.2 Å². The minimum Gasteiger partial charge on any atom is -0.462 e. The third kappa shape index (κ3) is 68.4. The molecule has 93 heavy (non-hydrogen) atoms. The van der Waals surface area contributed by atoms with E-state index in [1.165, 1.54) is 161 Å². The summed E-state index contributed by atoms with van der Waals surface area (Å²) in [5.41, 5.74) is 0. The van der Waals surface area contributed by atoms with Gasteiger partial charge in [-0.05, 0) is 49.4 Å². The molecule has 17 nitrogen and oxygen atoms in total. The van der Waals surface area contributed by atoms with Gasteiger partial charge in [-0.25, -0.2) is 9.13 Å². The van der Waals surface area contributed by atoms with Crippen molar-refractivity contribution in [2.45, 2.75) is 388 Å². The predicted octanol–water partition coefficient (Wildman–Crippen LogP) is 21.3. The number of esters is 4. The lowest BCUT2D eigenvalue weighted by molar-refractivity contribution is -0.161. The second-order valence-electron chi connectivity index (χ2n) is 28.6. The third-order valence-electron chi connectivity index (χ3n) is 17.1. The molecule has 0 bridgehead atoms. The third-order valence-corrected chi connectivity index (χ3v) is 19.0. The molecule has 0 heterocycles. The Balaban J connectivity index is 5.17. The SMILES string of the molecule is CC(C)CCCCCCCCCCCCCCCCCCC(=O)O[C@H](COC(=O)CCCCCCCCC(C)C)COP(=O)(O)OC[C@@H](O)COP(=O)(O)OC[C@@H](COC(=O)CCCCCCCCC(C)C)OC(=O)CCCCCCCCCCCCCCCC(C)C. The van der Waals surface area contributed by atoms with Gasteiger partial charge in [0.05, 0.1) is 26.4 Å². The van der Waals surface area contributed by atoms with Gasteiger partial charge in [-0.3, -0.25) is 37.3 Å².